The molecule has 0 saturated heterocycles. The van der Waals surface area contributed by atoms with E-state index >= 15 is 0 Å². The van der Waals surface area contributed by atoms with Gasteiger partial charge in [-0.3, -0.25) is 15.1 Å². The number of nitro benzene ring substituents is 1. The Morgan fingerprint density at radius 3 is 2.57 bits per heavy atom. The number of fused-ring (bicyclic) bond motifs is 1. The molecular formula is C23H25ClN4O2. The largest absolute Gasteiger partial charge is 0.328 e. The Labute approximate surface area is 180 Å². The van der Waals surface area contributed by atoms with Gasteiger partial charge in [-0.15, -0.1) is 0 Å². The van der Waals surface area contributed by atoms with Crippen molar-refractivity contribution in [1.82, 2.24) is 10.3 Å². The van der Waals surface area contributed by atoms with Crippen molar-refractivity contribution in [1.29, 1.82) is 0 Å². The molecule has 30 heavy (non-hydrogen) atoms. The number of nitrogens with one attached hydrogen (secondary N) is 1. The molecule has 2 aromatic carbocycles. The van der Waals surface area contributed by atoms with Crippen molar-refractivity contribution in [2.45, 2.75) is 50.2 Å². The zero-order chi connectivity index (χ0) is 21.1. The smallest absolute Gasteiger partial charge is 0.269 e. The van der Waals surface area contributed by atoms with Gasteiger partial charge in [0.05, 0.1) is 10.4 Å². The molecule has 0 radical (unpaired) electrons. The first-order valence-electron chi connectivity index (χ1n) is 10.3. The van der Waals surface area contributed by atoms with Crippen LogP contribution in [0.2, 0.25) is 5.02 Å². The maximum atomic E-state index is 11.0. The van der Waals surface area contributed by atoms with Gasteiger partial charge < -0.3 is 11.1 Å². The molecule has 1 atom stereocenters. The second kappa shape index (κ2) is 9.08. The second-order valence-corrected chi connectivity index (χ2v) is 8.46. The number of hydrogen-bond acceptors (Lipinski definition) is 5. The number of benzene rings is 2. The number of rotatable bonds is 6. The molecule has 0 spiro atoms. The maximum Gasteiger partial charge on any atom is 0.269 e. The number of nitrogens with two attached hydrogens (primary N) is 1. The van der Waals surface area contributed by atoms with E-state index in [-0.39, 0.29) is 16.7 Å². The lowest BCUT2D eigenvalue weighted by atomic mass is 9.89. The molecule has 0 bridgehead atoms. The van der Waals surface area contributed by atoms with Crippen LogP contribution in [-0.2, 0) is 6.42 Å². The summed E-state index contributed by atoms with van der Waals surface area (Å²) in [5.41, 5.74) is 9.26. The number of pyridine rings is 1. The first kappa shape index (κ1) is 20.7. The van der Waals surface area contributed by atoms with E-state index in [9.17, 15) is 10.1 Å². The lowest BCUT2D eigenvalue weighted by Crippen LogP contribution is -2.40. The van der Waals surface area contributed by atoms with Crippen LogP contribution >= 0.6 is 11.6 Å². The molecule has 1 fully saturated rings. The van der Waals surface area contributed by atoms with E-state index in [0.717, 1.165) is 54.1 Å². The first-order valence-corrected chi connectivity index (χ1v) is 10.7. The molecule has 1 saturated carbocycles. The highest BCUT2D eigenvalue weighted by Crippen LogP contribution is 2.30. The average molecular weight is 425 g/mol. The highest BCUT2D eigenvalue weighted by molar-refractivity contribution is 6.31. The van der Waals surface area contributed by atoms with Gasteiger partial charge in [-0.05, 0) is 61.4 Å². The SMILES string of the molecule is NC1CCC(NC(Cc2ccc([N+](=O)[O-])cc2)c2ccnc3cc(Cl)ccc23)CC1. The highest BCUT2D eigenvalue weighted by Gasteiger charge is 2.24. The number of halogens is 1. The van der Waals surface area contributed by atoms with Gasteiger partial charge in [-0.25, -0.2) is 0 Å². The number of nitrogens with zero attached hydrogens (tertiary/aromatic N) is 2. The van der Waals surface area contributed by atoms with Crippen LogP contribution in [0.3, 0.4) is 0 Å². The quantitative estimate of drug-likeness (QED) is 0.431. The molecule has 7 heteroatoms. The summed E-state index contributed by atoms with van der Waals surface area (Å²) < 4.78 is 0. The molecule has 1 aliphatic carbocycles. The van der Waals surface area contributed by atoms with Crippen molar-refractivity contribution >= 4 is 28.2 Å². The van der Waals surface area contributed by atoms with E-state index in [2.05, 4.69) is 10.3 Å². The van der Waals surface area contributed by atoms with Gasteiger partial charge in [0.2, 0.25) is 0 Å². The van der Waals surface area contributed by atoms with Crippen molar-refractivity contribution in [3.05, 3.63) is 81.0 Å². The van der Waals surface area contributed by atoms with Crippen molar-refractivity contribution in [3.63, 3.8) is 0 Å². The summed E-state index contributed by atoms with van der Waals surface area (Å²) in [4.78, 5) is 15.1. The number of hydrogen-bond donors (Lipinski definition) is 2. The third-order valence-electron chi connectivity index (χ3n) is 5.91. The van der Waals surface area contributed by atoms with Gasteiger partial charge in [-0.2, -0.15) is 0 Å². The minimum atomic E-state index is -0.370. The van der Waals surface area contributed by atoms with E-state index in [4.69, 9.17) is 17.3 Å². The minimum absolute atomic E-state index is 0.0532. The second-order valence-electron chi connectivity index (χ2n) is 8.02. The van der Waals surface area contributed by atoms with E-state index in [1.165, 1.54) is 0 Å². The standard InChI is InChI=1S/C23H25ClN4O2/c24-16-3-10-20-21(11-12-26-22(20)14-16)23(27-18-6-4-17(25)5-7-18)13-15-1-8-19(9-2-15)28(29)30/h1-3,8-12,14,17-18,23,27H,4-7,13,25H2. The van der Waals surface area contributed by atoms with Gasteiger partial charge in [0.15, 0.2) is 0 Å². The van der Waals surface area contributed by atoms with Crippen LogP contribution in [0.1, 0.15) is 42.9 Å². The van der Waals surface area contributed by atoms with Gasteiger partial charge >= 0.3 is 0 Å². The number of aromatic nitrogens is 1. The van der Waals surface area contributed by atoms with Crippen LogP contribution in [0.4, 0.5) is 5.69 Å². The lowest BCUT2D eigenvalue weighted by Gasteiger charge is -2.31. The molecule has 1 aromatic heterocycles. The highest BCUT2D eigenvalue weighted by atomic mass is 35.5. The van der Waals surface area contributed by atoms with Crippen LogP contribution in [-0.4, -0.2) is 22.0 Å². The Balaban J connectivity index is 1.65. The molecule has 1 aliphatic rings. The van der Waals surface area contributed by atoms with Crippen LogP contribution in [0.5, 0.6) is 0 Å². The van der Waals surface area contributed by atoms with Gasteiger partial charge in [-0.1, -0.05) is 29.8 Å². The van der Waals surface area contributed by atoms with Crippen molar-refractivity contribution in [2.75, 3.05) is 0 Å². The Kier molecular flexibility index (Phi) is 6.27. The average Bonchev–Trinajstić information content (AvgIpc) is 2.74. The van der Waals surface area contributed by atoms with Crippen molar-refractivity contribution in [2.24, 2.45) is 5.73 Å². The minimum Gasteiger partial charge on any atom is -0.328 e. The third kappa shape index (κ3) is 4.78. The Morgan fingerprint density at radius 1 is 1.13 bits per heavy atom. The first-order chi connectivity index (χ1) is 14.5. The summed E-state index contributed by atoms with van der Waals surface area (Å²) >= 11 is 6.17. The summed E-state index contributed by atoms with van der Waals surface area (Å²) in [6, 6.07) is 15.4. The van der Waals surface area contributed by atoms with Crippen LogP contribution in [0.25, 0.3) is 10.9 Å². The van der Waals surface area contributed by atoms with Crippen molar-refractivity contribution in [3.8, 4) is 0 Å². The van der Waals surface area contributed by atoms with Crippen molar-refractivity contribution < 1.29 is 4.92 Å². The normalized spacial score (nSPS) is 20.2. The maximum absolute atomic E-state index is 11.0. The molecule has 3 aromatic rings. The van der Waals surface area contributed by atoms with E-state index in [0.29, 0.717) is 17.1 Å². The van der Waals surface area contributed by atoms with E-state index < -0.39 is 0 Å². The topological polar surface area (TPSA) is 94.1 Å². The summed E-state index contributed by atoms with van der Waals surface area (Å²) in [6.07, 6.45) is 6.68. The molecule has 156 valence electrons. The molecular weight excluding hydrogens is 400 g/mol. The fourth-order valence-corrected chi connectivity index (χ4v) is 4.43. The number of non-ortho nitro benzene ring substituents is 1. The van der Waals surface area contributed by atoms with Crippen LogP contribution in [0.15, 0.2) is 54.7 Å². The molecule has 1 heterocycles. The summed E-state index contributed by atoms with van der Waals surface area (Å²) in [5.74, 6) is 0. The molecule has 4 rings (SSSR count). The monoisotopic (exact) mass is 424 g/mol. The van der Waals surface area contributed by atoms with Crippen LogP contribution < -0.4 is 11.1 Å². The Bertz CT molecular complexity index is 1030. The van der Waals surface area contributed by atoms with Gasteiger partial charge in [0.25, 0.3) is 5.69 Å². The molecule has 3 N–H and O–H groups in total. The predicted octanol–water partition coefficient (Wildman–Crippen LogP) is 4.94. The molecule has 6 nitrogen and oxygen atoms in total. The zero-order valence-electron chi connectivity index (χ0n) is 16.6. The van der Waals surface area contributed by atoms with E-state index in [1.54, 1.807) is 12.1 Å². The lowest BCUT2D eigenvalue weighted by molar-refractivity contribution is -0.384. The van der Waals surface area contributed by atoms with E-state index in [1.807, 2.05) is 42.6 Å². The zero-order valence-corrected chi connectivity index (χ0v) is 17.4. The summed E-state index contributed by atoms with van der Waals surface area (Å²) in [7, 11) is 0. The Morgan fingerprint density at radius 2 is 1.87 bits per heavy atom. The summed E-state index contributed by atoms with van der Waals surface area (Å²) in [6.45, 7) is 0. The van der Waals surface area contributed by atoms with Gasteiger partial charge in [0.1, 0.15) is 0 Å². The molecule has 1 unspecified atom stereocenters. The third-order valence-corrected chi connectivity index (χ3v) is 6.14. The molecule has 0 amide bonds. The fourth-order valence-electron chi connectivity index (χ4n) is 4.27. The number of nitro groups is 1. The van der Waals surface area contributed by atoms with Crippen LogP contribution in [0, 0.1) is 10.1 Å². The summed E-state index contributed by atoms with van der Waals surface area (Å²) in [5, 5.41) is 16.5. The predicted molar refractivity (Wildman–Crippen MR) is 120 cm³/mol. The fraction of sp³-hybridized carbons (Fsp3) is 0.348. The molecule has 0 aliphatic heterocycles. The Hall–Kier alpha value is -2.54. The van der Waals surface area contributed by atoms with Gasteiger partial charge in [0, 0.05) is 46.9 Å².